The van der Waals surface area contributed by atoms with Crippen molar-refractivity contribution < 1.29 is 15.0 Å². The van der Waals surface area contributed by atoms with Crippen LogP contribution in [0.2, 0.25) is 0 Å². The predicted octanol–water partition coefficient (Wildman–Crippen LogP) is -0.441. The van der Waals surface area contributed by atoms with E-state index in [1.807, 2.05) is 0 Å². The number of carboxylic acid groups (broad SMARTS) is 1. The van der Waals surface area contributed by atoms with Crippen LogP contribution >= 0.6 is 0 Å². The summed E-state index contributed by atoms with van der Waals surface area (Å²) < 4.78 is 0. The molecule has 1 saturated carbocycles. The zero-order valence-corrected chi connectivity index (χ0v) is 6.23. The summed E-state index contributed by atoms with van der Waals surface area (Å²) in [4.78, 5) is 10.5. The Balaban J connectivity index is 2.46. The summed E-state index contributed by atoms with van der Waals surface area (Å²) in [5, 5.41) is 17.8. The molecule has 4 nitrogen and oxygen atoms in total. The minimum absolute atomic E-state index is 0.231. The van der Waals surface area contributed by atoms with Gasteiger partial charge in [-0.05, 0) is 19.3 Å². The van der Waals surface area contributed by atoms with Crippen LogP contribution in [-0.4, -0.2) is 28.3 Å². The van der Waals surface area contributed by atoms with Crippen molar-refractivity contribution in [3.63, 3.8) is 0 Å². The van der Waals surface area contributed by atoms with Crippen molar-refractivity contribution in [2.75, 3.05) is 0 Å². The molecule has 11 heavy (non-hydrogen) atoms. The van der Waals surface area contributed by atoms with Gasteiger partial charge in [-0.15, -0.1) is 0 Å². The van der Waals surface area contributed by atoms with Gasteiger partial charge in [0.15, 0.2) is 0 Å². The SMILES string of the molecule is N[C@@H]1CC[C@@H](C(=O)O)C[C@H]1O. The van der Waals surface area contributed by atoms with Crippen LogP contribution in [0.25, 0.3) is 0 Å². The molecule has 0 aromatic carbocycles. The first-order valence-corrected chi connectivity index (χ1v) is 3.77. The summed E-state index contributed by atoms with van der Waals surface area (Å²) in [6.07, 6.45) is 0.868. The van der Waals surface area contributed by atoms with E-state index in [-0.39, 0.29) is 6.04 Å². The zero-order chi connectivity index (χ0) is 8.43. The third-order valence-electron chi connectivity index (χ3n) is 2.22. The van der Waals surface area contributed by atoms with E-state index < -0.39 is 18.0 Å². The molecule has 1 rings (SSSR count). The molecule has 0 saturated heterocycles. The van der Waals surface area contributed by atoms with E-state index in [9.17, 15) is 9.90 Å². The molecule has 64 valence electrons. The molecule has 4 N–H and O–H groups in total. The van der Waals surface area contributed by atoms with Crippen LogP contribution in [0.5, 0.6) is 0 Å². The summed E-state index contributed by atoms with van der Waals surface area (Å²) in [6.45, 7) is 0. The molecule has 0 spiro atoms. The lowest BCUT2D eigenvalue weighted by molar-refractivity contribution is -0.144. The first kappa shape index (κ1) is 8.49. The molecule has 0 unspecified atom stereocenters. The van der Waals surface area contributed by atoms with Crippen LogP contribution in [0.1, 0.15) is 19.3 Å². The van der Waals surface area contributed by atoms with E-state index in [0.717, 1.165) is 0 Å². The lowest BCUT2D eigenvalue weighted by Crippen LogP contribution is -2.41. The Morgan fingerprint density at radius 1 is 1.45 bits per heavy atom. The minimum atomic E-state index is -0.823. The van der Waals surface area contributed by atoms with E-state index in [2.05, 4.69) is 0 Å². The van der Waals surface area contributed by atoms with Gasteiger partial charge in [0.05, 0.1) is 12.0 Å². The van der Waals surface area contributed by atoms with E-state index in [4.69, 9.17) is 10.8 Å². The Hall–Kier alpha value is -0.610. The molecule has 4 heteroatoms. The van der Waals surface area contributed by atoms with Gasteiger partial charge in [-0.1, -0.05) is 0 Å². The van der Waals surface area contributed by atoms with Gasteiger partial charge >= 0.3 is 5.97 Å². The maximum absolute atomic E-state index is 10.5. The highest BCUT2D eigenvalue weighted by Gasteiger charge is 2.30. The number of nitrogens with two attached hydrogens (primary N) is 1. The zero-order valence-electron chi connectivity index (χ0n) is 6.23. The van der Waals surface area contributed by atoms with Crippen molar-refractivity contribution in [2.45, 2.75) is 31.4 Å². The predicted molar refractivity (Wildman–Crippen MR) is 39.0 cm³/mol. The third-order valence-corrected chi connectivity index (χ3v) is 2.22. The Bertz CT molecular complexity index is 160. The lowest BCUT2D eigenvalue weighted by atomic mass is 9.84. The smallest absolute Gasteiger partial charge is 0.306 e. The first-order valence-electron chi connectivity index (χ1n) is 3.77. The van der Waals surface area contributed by atoms with E-state index >= 15 is 0 Å². The maximum atomic E-state index is 10.5. The highest BCUT2D eigenvalue weighted by atomic mass is 16.4. The maximum Gasteiger partial charge on any atom is 0.306 e. The summed E-state index contributed by atoms with van der Waals surface area (Å²) in [5.41, 5.74) is 5.50. The van der Waals surface area contributed by atoms with Crippen LogP contribution in [0.4, 0.5) is 0 Å². The van der Waals surface area contributed by atoms with Crippen molar-refractivity contribution >= 4 is 5.97 Å². The summed E-state index contributed by atoms with van der Waals surface area (Å²) in [6, 6.07) is -0.231. The monoisotopic (exact) mass is 159 g/mol. The number of aliphatic hydroxyl groups is 1. The number of hydrogen-bond donors (Lipinski definition) is 3. The molecule has 0 radical (unpaired) electrons. The van der Waals surface area contributed by atoms with Gasteiger partial charge < -0.3 is 15.9 Å². The topological polar surface area (TPSA) is 83.6 Å². The molecular weight excluding hydrogens is 146 g/mol. The average molecular weight is 159 g/mol. The Labute approximate surface area is 65.0 Å². The van der Waals surface area contributed by atoms with Crippen molar-refractivity contribution in [2.24, 2.45) is 11.7 Å². The third kappa shape index (κ3) is 1.91. The average Bonchev–Trinajstić information content (AvgIpc) is 1.94. The molecule has 0 aromatic rings. The fourth-order valence-electron chi connectivity index (χ4n) is 1.39. The Morgan fingerprint density at radius 3 is 2.55 bits per heavy atom. The molecule has 0 heterocycles. The second-order valence-electron chi connectivity index (χ2n) is 3.08. The Kier molecular flexibility index (Phi) is 2.46. The molecule has 3 atom stereocenters. The summed E-state index contributed by atoms with van der Waals surface area (Å²) in [7, 11) is 0. The Morgan fingerprint density at radius 2 is 2.09 bits per heavy atom. The van der Waals surface area contributed by atoms with Gasteiger partial charge in [0.1, 0.15) is 0 Å². The van der Waals surface area contributed by atoms with E-state index in [1.165, 1.54) is 0 Å². The van der Waals surface area contributed by atoms with Crippen LogP contribution in [0, 0.1) is 5.92 Å². The molecular formula is C7H13NO3. The number of aliphatic hydroxyl groups excluding tert-OH is 1. The molecule has 0 aliphatic heterocycles. The van der Waals surface area contributed by atoms with E-state index in [0.29, 0.717) is 19.3 Å². The highest BCUT2D eigenvalue weighted by Crippen LogP contribution is 2.23. The molecule has 0 aromatic heterocycles. The largest absolute Gasteiger partial charge is 0.481 e. The lowest BCUT2D eigenvalue weighted by Gasteiger charge is -2.28. The van der Waals surface area contributed by atoms with Crippen LogP contribution in [0.15, 0.2) is 0 Å². The van der Waals surface area contributed by atoms with E-state index in [1.54, 1.807) is 0 Å². The number of rotatable bonds is 1. The summed E-state index contributed by atoms with van der Waals surface area (Å²) >= 11 is 0. The van der Waals surface area contributed by atoms with Crippen molar-refractivity contribution in [3.8, 4) is 0 Å². The number of aliphatic carboxylic acids is 1. The molecule has 1 fully saturated rings. The van der Waals surface area contributed by atoms with Crippen molar-refractivity contribution in [1.82, 2.24) is 0 Å². The van der Waals surface area contributed by atoms with Gasteiger partial charge in [-0.3, -0.25) is 4.79 Å². The summed E-state index contributed by atoms with van der Waals surface area (Å²) in [5.74, 6) is -1.22. The van der Waals surface area contributed by atoms with Gasteiger partial charge in [0, 0.05) is 6.04 Å². The quantitative estimate of drug-likeness (QED) is 0.484. The minimum Gasteiger partial charge on any atom is -0.481 e. The number of carbonyl (C=O) groups is 1. The van der Waals surface area contributed by atoms with Gasteiger partial charge in [-0.2, -0.15) is 0 Å². The molecule has 0 bridgehead atoms. The van der Waals surface area contributed by atoms with Gasteiger partial charge in [0.2, 0.25) is 0 Å². The highest BCUT2D eigenvalue weighted by molar-refractivity contribution is 5.70. The molecule has 1 aliphatic carbocycles. The normalized spacial score (nSPS) is 38.5. The van der Waals surface area contributed by atoms with Crippen LogP contribution in [-0.2, 0) is 4.79 Å². The second kappa shape index (κ2) is 3.19. The van der Waals surface area contributed by atoms with Gasteiger partial charge in [0.25, 0.3) is 0 Å². The first-order chi connectivity index (χ1) is 5.11. The fourth-order valence-corrected chi connectivity index (χ4v) is 1.39. The van der Waals surface area contributed by atoms with Crippen molar-refractivity contribution in [3.05, 3.63) is 0 Å². The number of carboxylic acids is 1. The van der Waals surface area contributed by atoms with Crippen LogP contribution in [0.3, 0.4) is 0 Å². The van der Waals surface area contributed by atoms with Crippen LogP contribution < -0.4 is 5.73 Å². The number of hydrogen-bond acceptors (Lipinski definition) is 3. The second-order valence-corrected chi connectivity index (χ2v) is 3.08. The molecule has 1 aliphatic rings. The van der Waals surface area contributed by atoms with Crippen molar-refractivity contribution in [1.29, 1.82) is 0 Å². The standard InChI is InChI=1S/C7H13NO3/c8-5-2-1-4(7(10)11)3-6(5)9/h4-6,9H,1-3,8H2,(H,10,11)/t4-,5-,6-/m1/s1. The van der Waals surface area contributed by atoms with Gasteiger partial charge in [-0.25, -0.2) is 0 Å². The fraction of sp³-hybridized carbons (Fsp3) is 0.857. The molecule has 0 amide bonds.